The fraction of sp³-hybridized carbons (Fsp3) is 0.167. The Labute approximate surface area is 186 Å². The smallest absolute Gasteiger partial charge is 0.276 e. The number of amides is 2. The van der Waals surface area contributed by atoms with Crippen molar-refractivity contribution in [1.29, 1.82) is 0 Å². The maximum Gasteiger partial charge on any atom is 0.276 e. The van der Waals surface area contributed by atoms with Crippen LogP contribution in [0, 0.1) is 13.8 Å². The Morgan fingerprint density at radius 3 is 2.13 bits per heavy atom. The summed E-state index contributed by atoms with van der Waals surface area (Å²) in [6.07, 6.45) is 0. The fourth-order valence-corrected chi connectivity index (χ4v) is 2.93. The number of aryl methyl sites for hydroxylation is 2. The number of halogens is 1. The lowest BCUT2D eigenvalue weighted by Crippen LogP contribution is -2.43. The van der Waals surface area contributed by atoms with Gasteiger partial charge in [0, 0.05) is 10.6 Å². The van der Waals surface area contributed by atoms with Crippen molar-refractivity contribution in [2.45, 2.75) is 20.5 Å². The van der Waals surface area contributed by atoms with Crippen LogP contribution in [-0.2, 0) is 11.4 Å². The van der Waals surface area contributed by atoms with Crippen LogP contribution >= 0.6 is 11.6 Å². The van der Waals surface area contributed by atoms with E-state index in [4.69, 9.17) is 21.1 Å². The van der Waals surface area contributed by atoms with Crippen molar-refractivity contribution in [3.8, 4) is 11.5 Å². The lowest BCUT2D eigenvalue weighted by molar-refractivity contribution is -0.123. The Bertz CT molecular complexity index is 1030. The highest BCUT2D eigenvalue weighted by molar-refractivity contribution is 6.32. The molecule has 0 aromatic heterocycles. The number of hydrogen-bond donors (Lipinski definition) is 2. The normalized spacial score (nSPS) is 10.3. The molecule has 0 saturated heterocycles. The Morgan fingerprint density at radius 2 is 1.48 bits per heavy atom. The van der Waals surface area contributed by atoms with Gasteiger partial charge in [0.05, 0.1) is 0 Å². The van der Waals surface area contributed by atoms with Gasteiger partial charge in [-0.05, 0) is 66.9 Å². The Kier molecular flexibility index (Phi) is 7.51. The topological polar surface area (TPSA) is 76.7 Å². The van der Waals surface area contributed by atoms with Gasteiger partial charge >= 0.3 is 0 Å². The van der Waals surface area contributed by atoms with E-state index < -0.39 is 11.8 Å². The third-order valence-electron chi connectivity index (χ3n) is 4.46. The highest BCUT2D eigenvalue weighted by Crippen LogP contribution is 2.25. The van der Waals surface area contributed by atoms with Gasteiger partial charge in [-0.15, -0.1) is 0 Å². The first-order valence-electron chi connectivity index (χ1n) is 9.68. The molecule has 2 amide bonds. The molecule has 3 rings (SSSR count). The first-order valence-corrected chi connectivity index (χ1v) is 10.1. The number of nitrogens with one attached hydrogen (secondary N) is 2. The van der Waals surface area contributed by atoms with E-state index in [1.165, 1.54) is 0 Å². The van der Waals surface area contributed by atoms with Crippen molar-refractivity contribution in [3.05, 3.63) is 94.0 Å². The maximum atomic E-state index is 12.2. The van der Waals surface area contributed by atoms with Crippen molar-refractivity contribution >= 4 is 23.4 Å². The monoisotopic (exact) mass is 438 g/mol. The molecule has 0 aliphatic heterocycles. The third kappa shape index (κ3) is 6.49. The molecule has 2 N–H and O–H groups in total. The average Bonchev–Trinajstić information content (AvgIpc) is 2.79. The molecule has 0 radical (unpaired) electrons. The van der Waals surface area contributed by atoms with Gasteiger partial charge in [-0.2, -0.15) is 0 Å². The second-order valence-electron chi connectivity index (χ2n) is 6.96. The summed E-state index contributed by atoms with van der Waals surface area (Å²) in [4.78, 5) is 24.2. The molecule has 7 heteroatoms. The lowest BCUT2D eigenvalue weighted by atomic mass is 10.1. The van der Waals surface area contributed by atoms with Gasteiger partial charge in [0.1, 0.15) is 18.1 Å². The second kappa shape index (κ2) is 10.5. The number of hydrogen-bond acceptors (Lipinski definition) is 4. The summed E-state index contributed by atoms with van der Waals surface area (Å²) in [6.45, 7) is 3.92. The van der Waals surface area contributed by atoms with Crippen LogP contribution in [0.5, 0.6) is 11.5 Å². The van der Waals surface area contributed by atoms with E-state index in [1.807, 2.05) is 44.2 Å². The van der Waals surface area contributed by atoms with E-state index in [2.05, 4.69) is 10.9 Å². The average molecular weight is 439 g/mol. The van der Waals surface area contributed by atoms with E-state index in [9.17, 15) is 9.59 Å². The fourth-order valence-electron chi connectivity index (χ4n) is 2.82. The Morgan fingerprint density at radius 1 is 0.839 bits per heavy atom. The molecule has 3 aromatic rings. The number of hydrazine groups is 1. The molecule has 0 bridgehead atoms. The zero-order valence-electron chi connectivity index (χ0n) is 17.3. The SMILES string of the molecule is Cc1cc(OCC(=O)NNC(=O)c2ccc(OCc3ccccc3)cc2)cc(C)c1Cl. The van der Waals surface area contributed by atoms with Crippen LogP contribution in [0.1, 0.15) is 27.0 Å². The first kappa shape index (κ1) is 22.2. The van der Waals surface area contributed by atoms with E-state index in [0.717, 1.165) is 16.7 Å². The first-order chi connectivity index (χ1) is 14.9. The minimum atomic E-state index is -0.485. The molecule has 0 spiro atoms. The van der Waals surface area contributed by atoms with E-state index in [0.29, 0.717) is 28.7 Å². The van der Waals surface area contributed by atoms with Gasteiger partial charge in [-0.25, -0.2) is 0 Å². The highest BCUT2D eigenvalue weighted by Gasteiger charge is 2.10. The van der Waals surface area contributed by atoms with E-state index in [-0.39, 0.29) is 6.61 Å². The van der Waals surface area contributed by atoms with Crippen LogP contribution < -0.4 is 20.3 Å². The van der Waals surface area contributed by atoms with Crippen molar-refractivity contribution in [3.63, 3.8) is 0 Å². The molecule has 0 heterocycles. The summed E-state index contributed by atoms with van der Waals surface area (Å²) in [7, 11) is 0. The molecule has 0 aliphatic rings. The molecule has 0 saturated carbocycles. The number of rotatable bonds is 7. The van der Waals surface area contributed by atoms with Crippen LogP contribution in [0.25, 0.3) is 0 Å². The summed E-state index contributed by atoms with van der Waals surface area (Å²) in [6, 6.07) is 19.9. The second-order valence-corrected chi connectivity index (χ2v) is 7.34. The van der Waals surface area contributed by atoms with Crippen LogP contribution in [0.3, 0.4) is 0 Å². The Hall–Kier alpha value is -3.51. The van der Waals surface area contributed by atoms with Gasteiger partial charge in [-0.1, -0.05) is 41.9 Å². The van der Waals surface area contributed by atoms with Crippen LogP contribution in [-0.4, -0.2) is 18.4 Å². The van der Waals surface area contributed by atoms with Crippen molar-refractivity contribution in [2.24, 2.45) is 0 Å². The quantitative estimate of drug-likeness (QED) is 0.537. The molecule has 0 fully saturated rings. The van der Waals surface area contributed by atoms with Gasteiger partial charge < -0.3 is 9.47 Å². The molecule has 0 atom stereocenters. The number of benzene rings is 3. The van der Waals surface area contributed by atoms with Crippen LogP contribution in [0.15, 0.2) is 66.7 Å². The summed E-state index contributed by atoms with van der Waals surface area (Å²) >= 11 is 6.12. The summed E-state index contributed by atoms with van der Waals surface area (Å²) in [5.74, 6) is 0.251. The Balaban J connectivity index is 1.44. The molecule has 0 aliphatic carbocycles. The molecular formula is C24H23ClN2O4. The van der Waals surface area contributed by atoms with Gasteiger partial charge in [-0.3, -0.25) is 20.4 Å². The summed E-state index contributed by atoms with van der Waals surface area (Å²) < 4.78 is 11.2. The van der Waals surface area contributed by atoms with Gasteiger partial charge in [0.25, 0.3) is 11.8 Å². The van der Waals surface area contributed by atoms with E-state index >= 15 is 0 Å². The predicted octanol–water partition coefficient (Wildman–Crippen LogP) is 4.38. The van der Waals surface area contributed by atoms with Crippen LogP contribution in [0.2, 0.25) is 5.02 Å². The van der Waals surface area contributed by atoms with Crippen molar-refractivity contribution < 1.29 is 19.1 Å². The summed E-state index contributed by atoms with van der Waals surface area (Å²) in [5, 5.41) is 0.667. The van der Waals surface area contributed by atoms with Crippen molar-refractivity contribution in [1.82, 2.24) is 10.9 Å². The molecular weight excluding hydrogens is 416 g/mol. The van der Waals surface area contributed by atoms with Crippen LogP contribution in [0.4, 0.5) is 0 Å². The summed E-state index contributed by atoms with van der Waals surface area (Å²) in [5.41, 5.74) is 7.86. The van der Waals surface area contributed by atoms with E-state index in [1.54, 1.807) is 36.4 Å². The largest absolute Gasteiger partial charge is 0.489 e. The third-order valence-corrected chi connectivity index (χ3v) is 5.06. The lowest BCUT2D eigenvalue weighted by Gasteiger charge is -2.11. The number of ether oxygens (including phenoxy) is 2. The predicted molar refractivity (Wildman–Crippen MR) is 119 cm³/mol. The molecule has 0 unspecified atom stereocenters. The zero-order valence-corrected chi connectivity index (χ0v) is 18.0. The zero-order chi connectivity index (χ0) is 22.2. The van der Waals surface area contributed by atoms with Gasteiger partial charge in [0.2, 0.25) is 0 Å². The molecule has 6 nitrogen and oxygen atoms in total. The maximum absolute atomic E-state index is 12.2. The van der Waals surface area contributed by atoms with Crippen molar-refractivity contribution in [2.75, 3.05) is 6.61 Å². The highest BCUT2D eigenvalue weighted by atomic mass is 35.5. The number of carbonyl (C=O) groups is 2. The molecule has 160 valence electrons. The minimum absolute atomic E-state index is 0.243. The molecule has 3 aromatic carbocycles. The molecule has 31 heavy (non-hydrogen) atoms. The standard InChI is InChI=1S/C24H23ClN2O4/c1-16-12-21(13-17(2)23(16)25)31-15-22(28)26-27-24(29)19-8-10-20(11-9-19)30-14-18-6-4-3-5-7-18/h3-13H,14-15H2,1-2H3,(H,26,28)(H,27,29). The van der Waals surface area contributed by atoms with Gasteiger partial charge in [0.15, 0.2) is 6.61 Å². The number of carbonyl (C=O) groups excluding carboxylic acids is 2. The minimum Gasteiger partial charge on any atom is -0.489 e.